The topological polar surface area (TPSA) is 9.23 Å². The second-order valence-corrected chi connectivity index (χ2v) is 4.70. The number of hydrogen-bond acceptors (Lipinski definition) is 1. The Balaban J connectivity index is 1.85. The van der Waals surface area contributed by atoms with Crippen molar-refractivity contribution in [3.63, 3.8) is 0 Å². The minimum absolute atomic E-state index is 0.810. The molecule has 1 nitrogen and oxygen atoms in total. The van der Waals surface area contributed by atoms with Gasteiger partial charge in [0.1, 0.15) is 5.75 Å². The van der Waals surface area contributed by atoms with Gasteiger partial charge in [-0.25, -0.2) is 0 Å². The lowest BCUT2D eigenvalue weighted by Crippen LogP contribution is -1.96. The minimum Gasteiger partial charge on any atom is -0.494 e. The van der Waals surface area contributed by atoms with E-state index >= 15 is 0 Å². The van der Waals surface area contributed by atoms with Crippen LogP contribution in [0.3, 0.4) is 0 Å². The van der Waals surface area contributed by atoms with E-state index in [2.05, 4.69) is 0 Å². The molecular formula is C15H23ClO. The van der Waals surface area contributed by atoms with E-state index in [1.54, 1.807) is 0 Å². The summed E-state index contributed by atoms with van der Waals surface area (Å²) in [6, 6.07) is 10.0. The fourth-order valence-electron chi connectivity index (χ4n) is 1.79. The molecule has 0 unspecified atom stereocenters. The highest BCUT2D eigenvalue weighted by molar-refractivity contribution is 6.17. The lowest BCUT2D eigenvalue weighted by atomic mass is 10.1. The largest absolute Gasteiger partial charge is 0.494 e. The zero-order chi connectivity index (χ0) is 12.2. The van der Waals surface area contributed by atoms with Gasteiger partial charge in [0.15, 0.2) is 0 Å². The Kier molecular flexibility index (Phi) is 8.85. The van der Waals surface area contributed by atoms with Crippen LogP contribution < -0.4 is 4.74 Å². The maximum atomic E-state index is 5.63. The molecular weight excluding hydrogens is 232 g/mol. The molecule has 0 spiro atoms. The molecule has 96 valence electrons. The van der Waals surface area contributed by atoms with E-state index < -0.39 is 0 Å². The van der Waals surface area contributed by atoms with Crippen molar-refractivity contribution in [2.45, 2.75) is 44.9 Å². The van der Waals surface area contributed by atoms with Crippen molar-refractivity contribution in [3.05, 3.63) is 30.3 Å². The molecule has 0 saturated carbocycles. The predicted octanol–water partition coefficient (Wildman–Crippen LogP) is 5.03. The summed E-state index contributed by atoms with van der Waals surface area (Å²) in [5.41, 5.74) is 0. The summed E-state index contributed by atoms with van der Waals surface area (Å²) in [7, 11) is 0. The number of hydrogen-bond donors (Lipinski definition) is 0. The molecule has 17 heavy (non-hydrogen) atoms. The van der Waals surface area contributed by atoms with Crippen LogP contribution in [0.1, 0.15) is 44.9 Å². The Labute approximate surface area is 110 Å². The maximum Gasteiger partial charge on any atom is 0.119 e. The molecule has 0 atom stereocenters. The van der Waals surface area contributed by atoms with Crippen LogP contribution in [0.4, 0.5) is 0 Å². The SMILES string of the molecule is ClCCCCCCCCCOc1ccccc1. The van der Waals surface area contributed by atoms with E-state index in [0.29, 0.717) is 0 Å². The minimum atomic E-state index is 0.810. The molecule has 1 aromatic rings. The van der Waals surface area contributed by atoms with Crippen LogP contribution in [0.15, 0.2) is 30.3 Å². The Morgan fingerprint density at radius 1 is 0.765 bits per heavy atom. The number of benzene rings is 1. The first-order valence-corrected chi connectivity index (χ1v) is 7.21. The van der Waals surface area contributed by atoms with Gasteiger partial charge in [-0.3, -0.25) is 0 Å². The number of ether oxygens (including phenoxy) is 1. The van der Waals surface area contributed by atoms with Crippen molar-refractivity contribution in [3.8, 4) is 5.75 Å². The average molecular weight is 255 g/mol. The molecule has 0 N–H and O–H groups in total. The molecule has 0 aliphatic rings. The average Bonchev–Trinajstić information content (AvgIpc) is 2.38. The fraction of sp³-hybridized carbons (Fsp3) is 0.600. The van der Waals surface area contributed by atoms with Crippen molar-refractivity contribution >= 4 is 11.6 Å². The molecule has 0 amide bonds. The van der Waals surface area contributed by atoms with Gasteiger partial charge in [0, 0.05) is 5.88 Å². The quantitative estimate of drug-likeness (QED) is 0.420. The predicted molar refractivity (Wildman–Crippen MR) is 75.0 cm³/mol. The van der Waals surface area contributed by atoms with Gasteiger partial charge in [-0.1, -0.05) is 50.3 Å². The molecule has 0 bridgehead atoms. The van der Waals surface area contributed by atoms with Crippen LogP contribution in [0, 0.1) is 0 Å². The normalized spacial score (nSPS) is 10.4. The lowest BCUT2D eigenvalue weighted by molar-refractivity contribution is 0.304. The molecule has 1 aromatic carbocycles. The smallest absolute Gasteiger partial charge is 0.119 e. The number of para-hydroxylation sites is 1. The summed E-state index contributed by atoms with van der Waals surface area (Å²) in [6.45, 7) is 0.839. The van der Waals surface area contributed by atoms with Crippen LogP contribution >= 0.6 is 11.6 Å². The monoisotopic (exact) mass is 254 g/mol. The molecule has 0 heterocycles. The number of alkyl halides is 1. The van der Waals surface area contributed by atoms with E-state index in [1.165, 1.54) is 38.5 Å². The lowest BCUT2D eigenvalue weighted by Gasteiger charge is -2.05. The highest BCUT2D eigenvalue weighted by Gasteiger charge is 1.93. The first-order chi connectivity index (χ1) is 8.43. The summed E-state index contributed by atoms with van der Waals surface area (Å²) in [4.78, 5) is 0. The maximum absolute atomic E-state index is 5.63. The molecule has 0 aromatic heterocycles. The molecule has 0 aliphatic heterocycles. The summed E-state index contributed by atoms with van der Waals surface area (Å²) in [6.07, 6.45) is 8.86. The molecule has 1 rings (SSSR count). The summed E-state index contributed by atoms with van der Waals surface area (Å²) in [5.74, 6) is 1.79. The van der Waals surface area contributed by atoms with Crippen LogP contribution in [0.5, 0.6) is 5.75 Å². The summed E-state index contributed by atoms with van der Waals surface area (Å²) >= 11 is 5.62. The van der Waals surface area contributed by atoms with Crippen molar-refractivity contribution in [2.24, 2.45) is 0 Å². The van der Waals surface area contributed by atoms with Crippen molar-refractivity contribution in [1.29, 1.82) is 0 Å². The van der Waals surface area contributed by atoms with Crippen LogP contribution in [-0.2, 0) is 0 Å². The second kappa shape index (κ2) is 10.5. The van der Waals surface area contributed by atoms with Crippen molar-refractivity contribution in [2.75, 3.05) is 12.5 Å². The molecule has 2 heteroatoms. The zero-order valence-electron chi connectivity index (χ0n) is 10.5. The summed E-state index contributed by atoms with van der Waals surface area (Å²) in [5, 5.41) is 0. The molecule has 0 aliphatic carbocycles. The van der Waals surface area contributed by atoms with Gasteiger partial charge < -0.3 is 4.74 Å². The first kappa shape index (κ1) is 14.4. The highest BCUT2D eigenvalue weighted by Crippen LogP contribution is 2.11. The van der Waals surface area contributed by atoms with E-state index in [-0.39, 0.29) is 0 Å². The molecule has 0 radical (unpaired) electrons. The third-order valence-electron chi connectivity index (χ3n) is 2.79. The third-order valence-corrected chi connectivity index (χ3v) is 3.06. The second-order valence-electron chi connectivity index (χ2n) is 4.33. The molecule has 0 saturated heterocycles. The van der Waals surface area contributed by atoms with Gasteiger partial charge in [0.05, 0.1) is 6.61 Å². The standard InChI is InChI=1S/C15H23ClO/c16-13-9-4-2-1-3-5-10-14-17-15-11-7-6-8-12-15/h6-8,11-12H,1-5,9-10,13-14H2. The summed E-state index contributed by atoms with van der Waals surface area (Å²) < 4.78 is 5.63. The van der Waals surface area contributed by atoms with Gasteiger partial charge in [0.25, 0.3) is 0 Å². The van der Waals surface area contributed by atoms with Gasteiger partial charge in [-0.15, -0.1) is 11.6 Å². The van der Waals surface area contributed by atoms with Gasteiger partial charge >= 0.3 is 0 Å². The Hall–Kier alpha value is -0.690. The number of rotatable bonds is 10. The van der Waals surface area contributed by atoms with Crippen LogP contribution in [-0.4, -0.2) is 12.5 Å². The Morgan fingerprint density at radius 2 is 1.35 bits per heavy atom. The van der Waals surface area contributed by atoms with Crippen LogP contribution in [0.25, 0.3) is 0 Å². The first-order valence-electron chi connectivity index (χ1n) is 6.67. The Morgan fingerprint density at radius 3 is 2.00 bits per heavy atom. The number of halogens is 1. The van der Waals surface area contributed by atoms with Gasteiger partial charge in [-0.05, 0) is 25.0 Å². The Bertz CT molecular complexity index is 261. The molecule has 0 fully saturated rings. The van der Waals surface area contributed by atoms with E-state index in [1.807, 2.05) is 30.3 Å². The van der Waals surface area contributed by atoms with E-state index in [9.17, 15) is 0 Å². The van der Waals surface area contributed by atoms with Crippen molar-refractivity contribution in [1.82, 2.24) is 0 Å². The van der Waals surface area contributed by atoms with Gasteiger partial charge in [0.2, 0.25) is 0 Å². The van der Waals surface area contributed by atoms with E-state index in [0.717, 1.165) is 24.7 Å². The van der Waals surface area contributed by atoms with Crippen LogP contribution in [0.2, 0.25) is 0 Å². The van der Waals surface area contributed by atoms with E-state index in [4.69, 9.17) is 16.3 Å². The highest BCUT2D eigenvalue weighted by atomic mass is 35.5. The zero-order valence-corrected chi connectivity index (χ0v) is 11.3. The van der Waals surface area contributed by atoms with Crippen molar-refractivity contribution < 1.29 is 4.74 Å². The third kappa shape index (κ3) is 8.09. The fourth-order valence-corrected chi connectivity index (χ4v) is 1.98. The number of unbranched alkanes of at least 4 members (excludes halogenated alkanes) is 6. The van der Waals surface area contributed by atoms with Gasteiger partial charge in [-0.2, -0.15) is 0 Å².